The number of aromatic nitrogens is 4. The van der Waals surface area contributed by atoms with Crippen molar-refractivity contribution in [3.05, 3.63) is 35.4 Å². The summed E-state index contributed by atoms with van der Waals surface area (Å²) in [5.41, 5.74) is 0.495. The Morgan fingerprint density at radius 3 is 2.65 bits per heavy atom. The Kier molecular flexibility index (Phi) is 3.15. The average molecular weight is 327 g/mol. The third-order valence-corrected chi connectivity index (χ3v) is 4.65. The molecule has 2 aliphatic rings. The topological polar surface area (TPSA) is 55.6 Å². The van der Waals surface area contributed by atoms with Crippen LogP contribution in [-0.4, -0.2) is 32.3 Å². The zero-order valence-electron chi connectivity index (χ0n) is 11.9. The third-order valence-electron chi connectivity index (χ3n) is 4.65. The van der Waals surface area contributed by atoms with Crippen LogP contribution in [0.4, 0.5) is 17.6 Å². The molecule has 0 saturated carbocycles. The fourth-order valence-corrected chi connectivity index (χ4v) is 3.64. The summed E-state index contributed by atoms with van der Waals surface area (Å²) in [6.45, 7) is 0. The van der Waals surface area contributed by atoms with Gasteiger partial charge in [0.1, 0.15) is 11.5 Å². The van der Waals surface area contributed by atoms with Gasteiger partial charge >= 0.3 is 6.18 Å². The number of hydrogen-bond donors (Lipinski definition) is 1. The molecule has 1 aromatic heterocycles. The van der Waals surface area contributed by atoms with Crippen molar-refractivity contribution in [2.75, 3.05) is 0 Å². The van der Waals surface area contributed by atoms with Gasteiger partial charge in [0.2, 0.25) is 0 Å². The molecular weight excluding hydrogens is 314 g/mol. The number of nitrogens with zero attached hydrogens (tertiary/aromatic N) is 4. The van der Waals surface area contributed by atoms with E-state index in [4.69, 9.17) is 0 Å². The molecule has 2 aliphatic heterocycles. The molecule has 1 N–H and O–H groups in total. The number of fused-ring (bicyclic) bond motifs is 2. The Labute approximate surface area is 128 Å². The standard InChI is InChI=1S/C14H13F4N5/c15-10-5-7(9-6-8-2-3-11(9)19-8)1-4-12(10)23-13(14(16,17)18)20-21-22-23/h1,4-5,8-9,11,19H,2-3,6H2. The molecule has 3 unspecified atom stereocenters. The first-order valence-corrected chi connectivity index (χ1v) is 7.35. The first kappa shape index (κ1) is 14.6. The van der Waals surface area contributed by atoms with Gasteiger partial charge in [0.25, 0.3) is 5.82 Å². The molecule has 3 atom stereocenters. The quantitative estimate of drug-likeness (QED) is 0.861. The van der Waals surface area contributed by atoms with E-state index in [9.17, 15) is 17.6 Å². The molecule has 122 valence electrons. The maximum Gasteiger partial charge on any atom is 0.453 e. The fourth-order valence-electron chi connectivity index (χ4n) is 3.64. The number of benzene rings is 1. The van der Waals surface area contributed by atoms with Crippen LogP contribution < -0.4 is 5.32 Å². The van der Waals surface area contributed by atoms with Crippen molar-refractivity contribution in [2.45, 2.75) is 43.4 Å². The second-order valence-electron chi connectivity index (χ2n) is 6.01. The summed E-state index contributed by atoms with van der Waals surface area (Å²) in [6.07, 6.45) is -1.64. The Hall–Kier alpha value is -2.03. The van der Waals surface area contributed by atoms with E-state index in [-0.39, 0.29) is 11.6 Å². The first-order chi connectivity index (χ1) is 10.9. The monoisotopic (exact) mass is 327 g/mol. The summed E-state index contributed by atoms with van der Waals surface area (Å²) < 4.78 is 53.3. The lowest BCUT2D eigenvalue weighted by Crippen LogP contribution is -2.21. The van der Waals surface area contributed by atoms with Crippen molar-refractivity contribution < 1.29 is 17.6 Å². The lowest BCUT2D eigenvalue weighted by Gasteiger charge is -2.21. The number of rotatable bonds is 2. The highest BCUT2D eigenvalue weighted by Crippen LogP contribution is 2.40. The molecule has 0 radical (unpaired) electrons. The number of halogens is 4. The van der Waals surface area contributed by atoms with E-state index in [1.807, 2.05) is 0 Å². The highest BCUT2D eigenvalue weighted by Gasteiger charge is 2.41. The van der Waals surface area contributed by atoms with Crippen molar-refractivity contribution in [1.29, 1.82) is 0 Å². The van der Waals surface area contributed by atoms with E-state index >= 15 is 0 Å². The second-order valence-corrected chi connectivity index (χ2v) is 6.01. The molecule has 5 nitrogen and oxygen atoms in total. The molecule has 2 bridgehead atoms. The summed E-state index contributed by atoms with van der Waals surface area (Å²) in [5.74, 6) is -1.90. The van der Waals surface area contributed by atoms with Gasteiger partial charge in [-0.3, -0.25) is 0 Å². The molecule has 0 amide bonds. The maximum atomic E-state index is 14.4. The molecular formula is C14H13F4N5. The van der Waals surface area contributed by atoms with Crippen molar-refractivity contribution in [2.24, 2.45) is 0 Å². The van der Waals surface area contributed by atoms with E-state index in [1.54, 1.807) is 6.07 Å². The number of hydrogen-bond acceptors (Lipinski definition) is 4. The summed E-state index contributed by atoms with van der Waals surface area (Å²) in [5, 5.41) is 12.7. The van der Waals surface area contributed by atoms with E-state index in [0.717, 1.165) is 24.8 Å². The molecule has 2 fully saturated rings. The average Bonchev–Trinajstić information content (AvgIpc) is 3.22. The van der Waals surface area contributed by atoms with E-state index in [0.29, 0.717) is 16.8 Å². The van der Waals surface area contributed by atoms with Gasteiger partial charge in [0.15, 0.2) is 0 Å². The SMILES string of the molecule is Fc1cc(C2CC3CCC2N3)ccc1-n1nnnc1C(F)(F)F. The third kappa shape index (κ3) is 2.39. The molecule has 0 aliphatic carbocycles. The molecule has 9 heteroatoms. The van der Waals surface area contributed by atoms with Crippen LogP contribution >= 0.6 is 0 Å². The summed E-state index contributed by atoms with van der Waals surface area (Å²) in [6, 6.07) is 5.05. The normalized spacial score (nSPS) is 26.9. The smallest absolute Gasteiger partial charge is 0.311 e. The van der Waals surface area contributed by atoms with Gasteiger partial charge < -0.3 is 5.32 Å². The van der Waals surface area contributed by atoms with Crippen LogP contribution in [-0.2, 0) is 6.18 Å². The van der Waals surface area contributed by atoms with E-state index in [2.05, 4.69) is 20.8 Å². The highest BCUT2D eigenvalue weighted by atomic mass is 19.4. The fraction of sp³-hybridized carbons (Fsp3) is 0.500. The van der Waals surface area contributed by atoms with Gasteiger partial charge in [0.05, 0.1) is 0 Å². The van der Waals surface area contributed by atoms with Crippen LogP contribution in [0.3, 0.4) is 0 Å². The van der Waals surface area contributed by atoms with E-state index < -0.39 is 17.8 Å². The van der Waals surface area contributed by atoms with Gasteiger partial charge in [-0.2, -0.15) is 17.9 Å². The van der Waals surface area contributed by atoms with Crippen LogP contribution in [0.1, 0.15) is 36.6 Å². The largest absolute Gasteiger partial charge is 0.453 e. The van der Waals surface area contributed by atoms with Crippen molar-refractivity contribution in [1.82, 2.24) is 25.5 Å². The number of tetrazole rings is 1. The van der Waals surface area contributed by atoms with Gasteiger partial charge in [-0.05, 0) is 47.4 Å². The predicted octanol–water partition coefficient (Wildman–Crippen LogP) is 2.43. The Bertz CT molecular complexity index is 741. The minimum atomic E-state index is -4.75. The molecule has 0 spiro atoms. The highest BCUT2D eigenvalue weighted by molar-refractivity contribution is 5.39. The molecule has 4 rings (SSSR count). The van der Waals surface area contributed by atoms with Crippen LogP contribution in [0.15, 0.2) is 18.2 Å². The number of alkyl halides is 3. The second kappa shape index (κ2) is 4.98. The lowest BCUT2D eigenvalue weighted by atomic mass is 9.84. The van der Waals surface area contributed by atoms with Crippen molar-refractivity contribution in [3.8, 4) is 5.69 Å². The lowest BCUT2D eigenvalue weighted by molar-refractivity contribution is -0.146. The van der Waals surface area contributed by atoms with Crippen LogP contribution in [0.25, 0.3) is 5.69 Å². The zero-order valence-corrected chi connectivity index (χ0v) is 11.9. The van der Waals surface area contributed by atoms with Crippen LogP contribution in [0, 0.1) is 5.82 Å². The van der Waals surface area contributed by atoms with Crippen LogP contribution in [0.2, 0.25) is 0 Å². The zero-order chi connectivity index (χ0) is 16.2. The number of nitrogens with one attached hydrogen (secondary N) is 1. The van der Waals surface area contributed by atoms with Crippen LogP contribution in [0.5, 0.6) is 0 Å². The van der Waals surface area contributed by atoms with Crippen molar-refractivity contribution >= 4 is 0 Å². The Morgan fingerprint density at radius 1 is 1.22 bits per heavy atom. The van der Waals surface area contributed by atoms with Gasteiger partial charge in [-0.1, -0.05) is 6.07 Å². The summed E-state index contributed by atoms with van der Waals surface area (Å²) in [4.78, 5) is 0. The molecule has 2 saturated heterocycles. The summed E-state index contributed by atoms with van der Waals surface area (Å²) >= 11 is 0. The molecule has 2 aromatic rings. The molecule has 3 heterocycles. The Morgan fingerprint density at radius 2 is 2.04 bits per heavy atom. The van der Waals surface area contributed by atoms with E-state index in [1.165, 1.54) is 12.1 Å². The molecule has 1 aromatic carbocycles. The summed E-state index contributed by atoms with van der Waals surface area (Å²) in [7, 11) is 0. The van der Waals surface area contributed by atoms with Gasteiger partial charge in [0, 0.05) is 18.0 Å². The molecule has 23 heavy (non-hydrogen) atoms. The maximum absolute atomic E-state index is 14.4. The van der Waals surface area contributed by atoms with Crippen molar-refractivity contribution in [3.63, 3.8) is 0 Å². The van der Waals surface area contributed by atoms with Gasteiger partial charge in [-0.25, -0.2) is 4.39 Å². The predicted molar refractivity (Wildman–Crippen MR) is 71.4 cm³/mol. The minimum absolute atomic E-state index is 0.202. The Balaban J connectivity index is 1.68. The first-order valence-electron chi connectivity index (χ1n) is 7.35. The van der Waals surface area contributed by atoms with Gasteiger partial charge in [-0.15, -0.1) is 5.10 Å². The minimum Gasteiger partial charge on any atom is -0.311 e.